The molecule has 2 nitrogen and oxygen atoms in total. The molecule has 0 aliphatic heterocycles. The van der Waals surface area contributed by atoms with E-state index in [1.807, 2.05) is 12.4 Å². The fraction of sp³-hybridized carbons (Fsp3) is 0.524. The Bertz CT molecular complexity index is 526. The van der Waals surface area contributed by atoms with Crippen LogP contribution in [0.3, 0.4) is 0 Å². The van der Waals surface area contributed by atoms with Crippen LogP contribution in [0.4, 0.5) is 0 Å². The zero-order chi connectivity index (χ0) is 16.3. The molecule has 0 aromatic carbocycles. The topological polar surface area (TPSA) is 25.8 Å². The summed E-state index contributed by atoms with van der Waals surface area (Å²) in [7, 11) is 0. The van der Waals surface area contributed by atoms with Gasteiger partial charge in [-0.1, -0.05) is 33.1 Å². The van der Waals surface area contributed by atoms with Crippen molar-refractivity contribution in [1.29, 1.82) is 0 Å². The molecule has 0 N–H and O–H groups in total. The average molecular weight is 310 g/mol. The normalized spacial score (nSPS) is 10.9. The van der Waals surface area contributed by atoms with Gasteiger partial charge < -0.3 is 0 Å². The van der Waals surface area contributed by atoms with Crippen molar-refractivity contribution in [1.82, 2.24) is 9.97 Å². The van der Waals surface area contributed by atoms with Crippen LogP contribution in [0, 0.1) is 0 Å². The van der Waals surface area contributed by atoms with Gasteiger partial charge in [0.1, 0.15) is 0 Å². The highest BCUT2D eigenvalue weighted by molar-refractivity contribution is 5.17. The molecular weight excluding hydrogens is 280 g/mol. The average Bonchev–Trinajstić information content (AvgIpc) is 2.56. The molecular formula is C21H30N2. The van der Waals surface area contributed by atoms with Gasteiger partial charge in [-0.3, -0.25) is 9.97 Å². The molecule has 0 fully saturated rings. The standard InChI is InChI=1S/C21H30N2/c1-3-8-20-16-18(12-14-22-20)10-6-5-7-11-19-13-15-23-21(17-19)9-4-2/h12-17H,3-11H2,1-2H3. The monoisotopic (exact) mass is 310 g/mol. The molecule has 2 heteroatoms. The summed E-state index contributed by atoms with van der Waals surface area (Å²) in [5, 5.41) is 0. The molecule has 2 aromatic rings. The second kappa shape index (κ2) is 10.1. The van der Waals surface area contributed by atoms with Crippen LogP contribution in [0.1, 0.15) is 68.5 Å². The first-order valence-corrected chi connectivity index (χ1v) is 9.19. The molecule has 0 saturated heterocycles. The van der Waals surface area contributed by atoms with Crippen LogP contribution >= 0.6 is 0 Å². The molecule has 0 atom stereocenters. The summed E-state index contributed by atoms with van der Waals surface area (Å²) in [6.45, 7) is 4.42. The van der Waals surface area contributed by atoms with Gasteiger partial charge in [0.2, 0.25) is 0 Å². The Kier molecular flexibility index (Phi) is 7.79. The molecule has 23 heavy (non-hydrogen) atoms. The predicted molar refractivity (Wildman–Crippen MR) is 97.7 cm³/mol. The molecule has 0 bridgehead atoms. The smallest absolute Gasteiger partial charge is 0.0406 e. The zero-order valence-electron chi connectivity index (χ0n) is 14.7. The van der Waals surface area contributed by atoms with Gasteiger partial charge in [0.05, 0.1) is 0 Å². The van der Waals surface area contributed by atoms with E-state index in [-0.39, 0.29) is 0 Å². The van der Waals surface area contributed by atoms with Crippen molar-refractivity contribution in [2.75, 3.05) is 0 Å². The summed E-state index contributed by atoms with van der Waals surface area (Å²) in [5.41, 5.74) is 5.37. The first kappa shape index (κ1) is 17.7. The van der Waals surface area contributed by atoms with E-state index >= 15 is 0 Å². The van der Waals surface area contributed by atoms with E-state index in [2.05, 4.69) is 48.1 Å². The van der Waals surface area contributed by atoms with Gasteiger partial charge in [-0.2, -0.15) is 0 Å². The van der Waals surface area contributed by atoms with E-state index < -0.39 is 0 Å². The number of rotatable bonds is 10. The third kappa shape index (κ3) is 6.52. The van der Waals surface area contributed by atoms with Crippen molar-refractivity contribution in [3.05, 3.63) is 59.2 Å². The number of unbranched alkanes of at least 4 members (excludes halogenated alkanes) is 2. The third-order valence-corrected chi connectivity index (χ3v) is 4.21. The maximum Gasteiger partial charge on any atom is 0.0406 e. The van der Waals surface area contributed by atoms with Crippen LogP contribution in [0.2, 0.25) is 0 Å². The van der Waals surface area contributed by atoms with E-state index in [4.69, 9.17) is 0 Å². The van der Waals surface area contributed by atoms with Crippen molar-refractivity contribution < 1.29 is 0 Å². The van der Waals surface area contributed by atoms with Crippen molar-refractivity contribution in [3.63, 3.8) is 0 Å². The highest BCUT2D eigenvalue weighted by Crippen LogP contribution is 2.12. The van der Waals surface area contributed by atoms with Crippen molar-refractivity contribution >= 4 is 0 Å². The number of aryl methyl sites for hydroxylation is 4. The number of aromatic nitrogens is 2. The minimum absolute atomic E-state index is 1.09. The molecule has 2 rings (SSSR count). The lowest BCUT2D eigenvalue weighted by molar-refractivity contribution is 0.676. The second-order valence-electron chi connectivity index (χ2n) is 6.37. The minimum atomic E-state index is 1.09. The zero-order valence-corrected chi connectivity index (χ0v) is 14.7. The van der Waals surface area contributed by atoms with Gasteiger partial charge in [-0.05, 0) is 73.9 Å². The molecule has 0 saturated carbocycles. The Morgan fingerprint density at radius 3 is 1.57 bits per heavy atom. The summed E-state index contributed by atoms with van der Waals surface area (Å²) in [6.07, 6.45) is 14.6. The third-order valence-electron chi connectivity index (χ3n) is 4.21. The maximum absolute atomic E-state index is 4.43. The van der Waals surface area contributed by atoms with E-state index in [0.29, 0.717) is 0 Å². The van der Waals surface area contributed by atoms with Gasteiger partial charge in [-0.25, -0.2) is 0 Å². The number of nitrogens with zero attached hydrogens (tertiary/aromatic N) is 2. The van der Waals surface area contributed by atoms with Crippen LogP contribution in [-0.4, -0.2) is 9.97 Å². The predicted octanol–water partition coefficient (Wildman–Crippen LogP) is 5.34. The number of pyridine rings is 2. The quantitative estimate of drug-likeness (QED) is 0.554. The molecule has 2 heterocycles. The fourth-order valence-electron chi connectivity index (χ4n) is 2.99. The van der Waals surface area contributed by atoms with Gasteiger partial charge in [-0.15, -0.1) is 0 Å². The molecule has 0 aliphatic carbocycles. The first-order valence-electron chi connectivity index (χ1n) is 9.19. The Hall–Kier alpha value is -1.70. The summed E-state index contributed by atoms with van der Waals surface area (Å²) < 4.78 is 0. The summed E-state index contributed by atoms with van der Waals surface area (Å²) in [6, 6.07) is 8.89. The summed E-state index contributed by atoms with van der Waals surface area (Å²) >= 11 is 0. The molecule has 2 aromatic heterocycles. The van der Waals surface area contributed by atoms with Gasteiger partial charge in [0, 0.05) is 23.8 Å². The molecule has 0 amide bonds. The Balaban J connectivity index is 1.69. The lowest BCUT2D eigenvalue weighted by atomic mass is 10.0. The highest BCUT2D eigenvalue weighted by atomic mass is 14.7. The van der Waals surface area contributed by atoms with Gasteiger partial charge in [0.15, 0.2) is 0 Å². The van der Waals surface area contributed by atoms with Crippen molar-refractivity contribution in [3.8, 4) is 0 Å². The molecule has 0 aliphatic rings. The highest BCUT2D eigenvalue weighted by Gasteiger charge is 2.00. The molecule has 0 unspecified atom stereocenters. The van der Waals surface area contributed by atoms with Crippen LogP contribution < -0.4 is 0 Å². The SMILES string of the molecule is CCCc1cc(CCCCCc2ccnc(CCC)c2)ccn1. The van der Waals surface area contributed by atoms with Gasteiger partial charge in [0.25, 0.3) is 0 Å². The number of hydrogen-bond donors (Lipinski definition) is 0. The largest absolute Gasteiger partial charge is 0.261 e. The van der Waals surface area contributed by atoms with Crippen LogP contribution in [0.15, 0.2) is 36.7 Å². The lowest BCUT2D eigenvalue weighted by Crippen LogP contribution is -1.94. The minimum Gasteiger partial charge on any atom is -0.261 e. The van der Waals surface area contributed by atoms with Crippen LogP contribution in [0.5, 0.6) is 0 Å². The molecule has 0 radical (unpaired) electrons. The Morgan fingerprint density at radius 1 is 0.652 bits per heavy atom. The number of hydrogen-bond acceptors (Lipinski definition) is 2. The van der Waals surface area contributed by atoms with Gasteiger partial charge >= 0.3 is 0 Å². The van der Waals surface area contributed by atoms with E-state index in [1.165, 1.54) is 67.5 Å². The van der Waals surface area contributed by atoms with Crippen LogP contribution in [-0.2, 0) is 25.7 Å². The summed E-state index contributed by atoms with van der Waals surface area (Å²) in [5.74, 6) is 0. The molecule has 0 spiro atoms. The van der Waals surface area contributed by atoms with Crippen LogP contribution in [0.25, 0.3) is 0 Å². The Morgan fingerprint density at radius 2 is 1.13 bits per heavy atom. The Labute approximate surface area is 141 Å². The van der Waals surface area contributed by atoms with Crippen molar-refractivity contribution in [2.45, 2.75) is 71.6 Å². The fourth-order valence-corrected chi connectivity index (χ4v) is 2.99. The van der Waals surface area contributed by atoms with E-state index in [0.717, 1.165) is 12.8 Å². The summed E-state index contributed by atoms with van der Waals surface area (Å²) in [4.78, 5) is 8.86. The maximum atomic E-state index is 4.43. The second-order valence-corrected chi connectivity index (χ2v) is 6.37. The lowest BCUT2D eigenvalue weighted by Gasteiger charge is -2.06. The molecule has 124 valence electrons. The van der Waals surface area contributed by atoms with E-state index in [1.54, 1.807) is 0 Å². The first-order chi connectivity index (χ1) is 11.3. The van der Waals surface area contributed by atoms with Crippen molar-refractivity contribution in [2.24, 2.45) is 0 Å². The van der Waals surface area contributed by atoms with E-state index in [9.17, 15) is 0 Å².